The molecule has 1 aromatic rings. The molecule has 0 aromatic heterocycles. The summed E-state index contributed by atoms with van der Waals surface area (Å²) < 4.78 is 0. The fraction of sp³-hybridized carbons (Fsp3) is 0.471. The standard InChI is InChI=1S/C9H6O6.C6H14O2.C2H6O2/c10-7(11)4-1-2-5(8(12)13)6(3-4)9(14)15;7-5-3-1-2-4-6-8;3-1-2-4/h1-3H,(H,10,11)(H,12,13)(H,14,15);7-8H,1-6H2;3-4H,1-2H2. The highest BCUT2D eigenvalue weighted by Gasteiger charge is 2.17. The van der Waals surface area contributed by atoms with Gasteiger partial charge in [0.15, 0.2) is 0 Å². The van der Waals surface area contributed by atoms with E-state index >= 15 is 0 Å². The largest absolute Gasteiger partial charge is 0.478 e. The van der Waals surface area contributed by atoms with E-state index in [1.165, 1.54) is 0 Å². The Morgan fingerprint density at radius 3 is 1.33 bits per heavy atom. The summed E-state index contributed by atoms with van der Waals surface area (Å²) in [6.45, 7) is 0.316. The molecule has 1 rings (SSSR count). The molecule has 1 aromatic carbocycles. The van der Waals surface area contributed by atoms with Crippen molar-refractivity contribution in [3.63, 3.8) is 0 Å². The van der Waals surface area contributed by atoms with Gasteiger partial charge in [0.05, 0.1) is 29.9 Å². The summed E-state index contributed by atoms with van der Waals surface area (Å²) in [7, 11) is 0. The molecule has 0 saturated heterocycles. The van der Waals surface area contributed by atoms with Crippen molar-refractivity contribution in [2.45, 2.75) is 25.7 Å². The van der Waals surface area contributed by atoms with Crippen LogP contribution < -0.4 is 0 Å². The maximum atomic E-state index is 10.6. The number of aliphatic hydroxyl groups is 4. The van der Waals surface area contributed by atoms with E-state index in [-0.39, 0.29) is 32.0 Å². The summed E-state index contributed by atoms with van der Waals surface area (Å²) in [5.41, 5.74) is -1.24. The molecule has 0 aliphatic carbocycles. The van der Waals surface area contributed by atoms with Gasteiger partial charge in [-0.15, -0.1) is 0 Å². The Bertz CT molecular complexity index is 563. The van der Waals surface area contributed by atoms with Gasteiger partial charge in [0.1, 0.15) is 0 Å². The molecular formula is C17H26O10. The summed E-state index contributed by atoms with van der Waals surface area (Å²) in [5, 5.41) is 57.7. The zero-order chi connectivity index (χ0) is 21.2. The van der Waals surface area contributed by atoms with Gasteiger partial charge in [0.2, 0.25) is 0 Å². The summed E-state index contributed by atoms with van der Waals surface area (Å²) in [6.07, 6.45) is 3.83. The van der Waals surface area contributed by atoms with Crippen LogP contribution in [0.15, 0.2) is 18.2 Å². The van der Waals surface area contributed by atoms with Crippen molar-refractivity contribution in [2.75, 3.05) is 26.4 Å². The highest BCUT2D eigenvalue weighted by Crippen LogP contribution is 2.12. The average Bonchev–Trinajstić information content (AvgIpc) is 2.65. The molecule has 0 radical (unpaired) electrons. The van der Waals surface area contributed by atoms with Crippen LogP contribution in [0.3, 0.4) is 0 Å². The lowest BCUT2D eigenvalue weighted by atomic mass is 10.0. The van der Waals surface area contributed by atoms with Crippen LogP contribution in [0, 0.1) is 0 Å². The van der Waals surface area contributed by atoms with Gasteiger partial charge in [-0.3, -0.25) is 0 Å². The van der Waals surface area contributed by atoms with Gasteiger partial charge in [0, 0.05) is 13.2 Å². The fourth-order valence-electron chi connectivity index (χ4n) is 1.62. The van der Waals surface area contributed by atoms with Crippen LogP contribution in [0.2, 0.25) is 0 Å². The van der Waals surface area contributed by atoms with Gasteiger partial charge in [0.25, 0.3) is 0 Å². The lowest BCUT2D eigenvalue weighted by molar-refractivity contribution is 0.0649. The highest BCUT2D eigenvalue weighted by molar-refractivity contribution is 6.03. The third-order valence-electron chi connectivity index (χ3n) is 2.89. The average molecular weight is 390 g/mol. The van der Waals surface area contributed by atoms with Crippen molar-refractivity contribution < 1.29 is 50.1 Å². The Morgan fingerprint density at radius 1 is 0.593 bits per heavy atom. The maximum absolute atomic E-state index is 10.6. The summed E-state index contributed by atoms with van der Waals surface area (Å²) in [4.78, 5) is 31.8. The van der Waals surface area contributed by atoms with Gasteiger partial charge in [-0.05, 0) is 31.0 Å². The van der Waals surface area contributed by atoms with E-state index in [9.17, 15) is 14.4 Å². The first-order valence-electron chi connectivity index (χ1n) is 8.04. The number of benzene rings is 1. The zero-order valence-electron chi connectivity index (χ0n) is 14.7. The number of carboxylic acids is 3. The smallest absolute Gasteiger partial charge is 0.336 e. The maximum Gasteiger partial charge on any atom is 0.336 e. The van der Waals surface area contributed by atoms with Crippen molar-refractivity contribution in [3.8, 4) is 0 Å². The zero-order valence-corrected chi connectivity index (χ0v) is 14.7. The number of rotatable bonds is 9. The Kier molecular flexibility index (Phi) is 16.7. The Labute approximate surface area is 156 Å². The second kappa shape index (κ2) is 16.9. The normalized spacial score (nSPS) is 9.33. The van der Waals surface area contributed by atoms with Gasteiger partial charge >= 0.3 is 17.9 Å². The lowest BCUT2D eigenvalue weighted by Gasteiger charge is -2.02. The number of aliphatic hydroxyl groups excluding tert-OH is 4. The van der Waals surface area contributed by atoms with E-state index in [0.717, 1.165) is 43.9 Å². The van der Waals surface area contributed by atoms with E-state index in [2.05, 4.69) is 0 Å². The lowest BCUT2D eigenvalue weighted by Crippen LogP contribution is -2.10. The minimum absolute atomic E-state index is 0.125. The Balaban J connectivity index is 0. The number of carboxylic acid groups (broad SMARTS) is 3. The van der Waals surface area contributed by atoms with Crippen LogP contribution in [0.4, 0.5) is 0 Å². The Morgan fingerprint density at radius 2 is 1.04 bits per heavy atom. The van der Waals surface area contributed by atoms with E-state index in [1.54, 1.807) is 0 Å². The summed E-state index contributed by atoms with van der Waals surface area (Å²) >= 11 is 0. The minimum Gasteiger partial charge on any atom is -0.478 e. The van der Waals surface area contributed by atoms with Crippen LogP contribution in [-0.2, 0) is 0 Å². The minimum atomic E-state index is -1.48. The van der Waals surface area contributed by atoms with Crippen molar-refractivity contribution in [1.29, 1.82) is 0 Å². The van der Waals surface area contributed by atoms with Crippen LogP contribution in [0.25, 0.3) is 0 Å². The first-order valence-corrected chi connectivity index (χ1v) is 8.04. The molecule has 0 spiro atoms. The third kappa shape index (κ3) is 13.3. The molecule has 27 heavy (non-hydrogen) atoms. The molecule has 10 heteroatoms. The summed E-state index contributed by atoms with van der Waals surface area (Å²) in [6, 6.07) is 2.81. The monoisotopic (exact) mass is 390 g/mol. The Hall–Kier alpha value is -2.53. The molecule has 10 nitrogen and oxygen atoms in total. The highest BCUT2D eigenvalue weighted by atomic mass is 16.4. The molecule has 0 amide bonds. The molecule has 0 aliphatic heterocycles. The van der Waals surface area contributed by atoms with Crippen LogP contribution in [0.5, 0.6) is 0 Å². The van der Waals surface area contributed by atoms with Crippen LogP contribution in [0.1, 0.15) is 56.8 Å². The molecule has 154 valence electrons. The quantitative estimate of drug-likeness (QED) is 0.288. The fourth-order valence-corrected chi connectivity index (χ4v) is 1.62. The molecule has 0 bridgehead atoms. The molecule has 0 unspecified atom stereocenters. The molecule has 0 aliphatic rings. The number of hydrogen-bond acceptors (Lipinski definition) is 7. The first kappa shape index (κ1) is 26.7. The van der Waals surface area contributed by atoms with Gasteiger partial charge in [-0.2, -0.15) is 0 Å². The second-order valence-corrected chi connectivity index (χ2v) is 4.98. The third-order valence-corrected chi connectivity index (χ3v) is 2.89. The molecule has 0 saturated carbocycles. The van der Waals surface area contributed by atoms with Gasteiger partial charge in [-0.1, -0.05) is 12.8 Å². The number of hydrogen-bond donors (Lipinski definition) is 7. The van der Waals surface area contributed by atoms with Crippen molar-refractivity contribution in [2.24, 2.45) is 0 Å². The van der Waals surface area contributed by atoms with E-state index in [1.807, 2.05) is 0 Å². The van der Waals surface area contributed by atoms with Gasteiger partial charge in [-0.25, -0.2) is 14.4 Å². The van der Waals surface area contributed by atoms with Crippen molar-refractivity contribution in [1.82, 2.24) is 0 Å². The summed E-state index contributed by atoms with van der Waals surface area (Å²) in [5.74, 6) is -4.20. The second-order valence-electron chi connectivity index (χ2n) is 4.98. The number of carbonyl (C=O) groups is 3. The first-order chi connectivity index (χ1) is 12.8. The number of unbranched alkanes of at least 4 members (excludes halogenated alkanes) is 3. The molecule has 7 N–H and O–H groups in total. The van der Waals surface area contributed by atoms with Crippen LogP contribution in [-0.4, -0.2) is 80.1 Å². The van der Waals surface area contributed by atoms with Gasteiger partial charge < -0.3 is 35.7 Å². The van der Waals surface area contributed by atoms with Crippen LogP contribution >= 0.6 is 0 Å². The molecule has 0 fully saturated rings. The SMILES string of the molecule is O=C(O)c1ccc(C(=O)O)c(C(=O)O)c1.OCCCCCCO.OCCO. The van der Waals surface area contributed by atoms with E-state index in [4.69, 9.17) is 35.7 Å². The van der Waals surface area contributed by atoms with Crippen molar-refractivity contribution >= 4 is 17.9 Å². The van der Waals surface area contributed by atoms with E-state index < -0.39 is 29.0 Å². The number of aromatic carboxylic acids is 3. The van der Waals surface area contributed by atoms with E-state index in [0.29, 0.717) is 0 Å². The molecular weight excluding hydrogens is 364 g/mol. The predicted molar refractivity (Wildman–Crippen MR) is 94.1 cm³/mol. The topological polar surface area (TPSA) is 193 Å². The van der Waals surface area contributed by atoms with Crippen molar-refractivity contribution in [3.05, 3.63) is 34.9 Å². The molecule has 0 heterocycles. The molecule has 0 atom stereocenters. The predicted octanol–water partition coefficient (Wildman–Crippen LogP) is 0.284.